The van der Waals surface area contributed by atoms with Gasteiger partial charge in [-0.3, -0.25) is 4.79 Å². The maximum atomic E-state index is 12.9. The van der Waals surface area contributed by atoms with Crippen molar-refractivity contribution in [1.82, 2.24) is 9.78 Å². The van der Waals surface area contributed by atoms with Crippen LogP contribution in [0.2, 0.25) is 0 Å². The number of anilines is 1. The van der Waals surface area contributed by atoms with Crippen LogP contribution in [0.1, 0.15) is 21.6 Å². The van der Waals surface area contributed by atoms with Crippen LogP contribution in [0.4, 0.5) is 10.1 Å². The largest absolute Gasteiger partial charge is 0.322 e. The Balaban J connectivity index is 1.85. The number of benzene rings is 2. The standard InChI is InChI=1S/C18H16FN3O/c1-12-3-9-16(10-4-12)22-13(2)17(11-20-22)18(23)21-15-7-5-14(19)6-8-15/h3-11H,1-2H3,(H,21,23). The fraction of sp³-hybridized carbons (Fsp3) is 0.111. The van der Waals surface area contributed by atoms with E-state index >= 15 is 0 Å². The second kappa shape index (κ2) is 6.04. The van der Waals surface area contributed by atoms with Crippen molar-refractivity contribution < 1.29 is 9.18 Å². The molecule has 23 heavy (non-hydrogen) atoms. The van der Waals surface area contributed by atoms with Gasteiger partial charge in [-0.25, -0.2) is 9.07 Å². The minimum absolute atomic E-state index is 0.271. The summed E-state index contributed by atoms with van der Waals surface area (Å²) in [6.45, 7) is 3.85. The van der Waals surface area contributed by atoms with E-state index in [-0.39, 0.29) is 11.7 Å². The quantitative estimate of drug-likeness (QED) is 0.798. The highest BCUT2D eigenvalue weighted by Gasteiger charge is 2.15. The molecule has 0 aliphatic rings. The Morgan fingerprint density at radius 3 is 2.35 bits per heavy atom. The summed E-state index contributed by atoms with van der Waals surface area (Å²) in [5.74, 6) is -0.612. The number of aryl methyl sites for hydroxylation is 1. The predicted molar refractivity (Wildman–Crippen MR) is 87.4 cm³/mol. The van der Waals surface area contributed by atoms with E-state index in [1.54, 1.807) is 4.68 Å². The Labute approximate surface area is 133 Å². The Morgan fingerprint density at radius 2 is 1.70 bits per heavy atom. The molecule has 4 nitrogen and oxygen atoms in total. The van der Waals surface area contributed by atoms with E-state index < -0.39 is 0 Å². The third kappa shape index (κ3) is 3.13. The fourth-order valence-corrected chi connectivity index (χ4v) is 2.31. The first-order chi connectivity index (χ1) is 11.0. The molecule has 0 saturated carbocycles. The molecule has 116 valence electrons. The summed E-state index contributed by atoms with van der Waals surface area (Å²) in [6.07, 6.45) is 1.54. The maximum Gasteiger partial charge on any atom is 0.259 e. The lowest BCUT2D eigenvalue weighted by Gasteiger charge is -2.07. The lowest BCUT2D eigenvalue weighted by atomic mass is 10.2. The number of halogens is 1. The molecule has 2 aromatic carbocycles. The zero-order chi connectivity index (χ0) is 16.4. The highest BCUT2D eigenvalue weighted by Crippen LogP contribution is 2.17. The van der Waals surface area contributed by atoms with Crippen molar-refractivity contribution in [3.63, 3.8) is 0 Å². The van der Waals surface area contributed by atoms with Gasteiger partial charge in [0.15, 0.2) is 0 Å². The first-order valence-electron chi connectivity index (χ1n) is 7.23. The summed E-state index contributed by atoms with van der Waals surface area (Å²) in [6, 6.07) is 13.5. The van der Waals surface area contributed by atoms with Gasteiger partial charge in [-0.15, -0.1) is 0 Å². The molecule has 0 aliphatic carbocycles. The van der Waals surface area contributed by atoms with Gasteiger partial charge >= 0.3 is 0 Å². The number of hydrogen-bond acceptors (Lipinski definition) is 2. The van der Waals surface area contributed by atoms with E-state index in [1.165, 1.54) is 30.5 Å². The Kier molecular flexibility index (Phi) is 3.93. The summed E-state index contributed by atoms with van der Waals surface area (Å²) in [5, 5.41) is 7.03. The Bertz CT molecular complexity index is 836. The van der Waals surface area contributed by atoms with Crippen LogP contribution in [0.15, 0.2) is 54.7 Å². The van der Waals surface area contributed by atoms with Gasteiger partial charge in [0, 0.05) is 5.69 Å². The number of nitrogens with one attached hydrogen (secondary N) is 1. The van der Waals surface area contributed by atoms with Gasteiger partial charge < -0.3 is 5.32 Å². The number of rotatable bonds is 3. The SMILES string of the molecule is Cc1ccc(-n2ncc(C(=O)Nc3ccc(F)cc3)c2C)cc1. The topological polar surface area (TPSA) is 46.9 Å². The lowest BCUT2D eigenvalue weighted by Crippen LogP contribution is -2.13. The fourth-order valence-electron chi connectivity index (χ4n) is 2.31. The highest BCUT2D eigenvalue weighted by molar-refractivity contribution is 6.04. The molecule has 1 heterocycles. The van der Waals surface area contributed by atoms with Crippen molar-refractivity contribution in [2.24, 2.45) is 0 Å². The third-order valence-corrected chi connectivity index (χ3v) is 3.64. The molecule has 0 fully saturated rings. The van der Waals surface area contributed by atoms with Crippen LogP contribution in [-0.2, 0) is 0 Å². The van der Waals surface area contributed by atoms with Gasteiger partial charge in [-0.05, 0) is 50.2 Å². The molecule has 0 atom stereocenters. The number of nitrogens with zero attached hydrogens (tertiary/aromatic N) is 2. The van der Waals surface area contributed by atoms with Crippen LogP contribution in [0.3, 0.4) is 0 Å². The first kappa shape index (κ1) is 15.0. The summed E-state index contributed by atoms with van der Waals surface area (Å²) in [5.41, 5.74) is 3.82. The van der Waals surface area contributed by atoms with Crippen molar-refractivity contribution in [3.05, 3.63) is 77.4 Å². The summed E-state index contributed by atoms with van der Waals surface area (Å²) < 4.78 is 14.6. The highest BCUT2D eigenvalue weighted by atomic mass is 19.1. The van der Waals surface area contributed by atoms with Crippen LogP contribution >= 0.6 is 0 Å². The lowest BCUT2D eigenvalue weighted by molar-refractivity contribution is 0.102. The third-order valence-electron chi connectivity index (χ3n) is 3.64. The maximum absolute atomic E-state index is 12.9. The average Bonchev–Trinajstić information content (AvgIpc) is 2.92. The molecule has 0 spiro atoms. The van der Waals surface area contributed by atoms with Gasteiger partial charge in [-0.2, -0.15) is 5.10 Å². The molecule has 1 amide bonds. The van der Waals surface area contributed by atoms with E-state index in [0.717, 1.165) is 16.9 Å². The molecule has 5 heteroatoms. The minimum Gasteiger partial charge on any atom is -0.322 e. The van der Waals surface area contributed by atoms with Crippen molar-refractivity contribution >= 4 is 11.6 Å². The van der Waals surface area contributed by atoms with Crippen molar-refractivity contribution in [2.45, 2.75) is 13.8 Å². The summed E-state index contributed by atoms with van der Waals surface area (Å²) in [4.78, 5) is 12.4. The second-order valence-corrected chi connectivity index (χ2v) is 5.35. The van der Waals surface area contributed by atoms with E-state index in [2.05, 4.69) is 10.4 Å². The number of carbonyl (C=O) groups is 1. The Morgan fingerprint density at radius 1 is 1.04 bits per heavy atom. The molecule has 0 radical (unpaired) electrons. The molecule has 1 aromatic heterocycles. The van der Waals surface area contributed by atoms with Gasteiger partial charge in [0.1, 0.15) is 5.82 Å². The molecular weight excluding hydrogens is 293 g/mol. The van der Waals surface area contributed by atoms with E-state index in [1.807, 2.05) is 38.1 Å². The molecule has 0 saturated heterocycles. The van der Waals surface area contributed by atoms with Gasteiger partial charge in [0.05, 0.1) is 23.1 Å². The van der Waals surface area contributed by atoms with Crippen LogP contribution < -0.4 is 5.32 Å². The zero-order valence-electron chi connectivity index (χ0n) is 12.9. The number of amides is 1. The predicted octanol–water partition coefficient (Wildman–Crippen LogP) is 3.88. The molecule has 3 rings (SSSR count). The second-order valence-electron chi connectivity index (χ2n) is 5.35. The van der Waals surface area contributed by atoms with E-state index in [9.17, 15) is 9.18 Å². The van der Waals surface area contributed by atoms with Gasteiger partial charge in [-0.1, -0.05) is 17.7 Å². The van der Waals surface area contributed by atoms with Crippen LogP contribution in [0, 0.1) is 19.7 Å². The molecule has 0 bridgehead atoms. The van der Waals surface area contributed by atoms with Crippen molar-refractivity contribution in [2.75, 3.05) is 5.32 Å². The monoisotopic (exact) mass is 309 g/mol. The average molecular weight is 309 g/mol. The Hall–Kier alpha value is -2.95. The molecule has 0 aliphatic heterocycles. The molecule has 0 unspecified atom stereocenters. The number of carbonyl (C=O) groups excluding carboxylic acids is 1. The van der Waals surface area contributed by atoms with Gasteiger partial charge in [0.2, 0.25) is 0 Å². The van der Waals surface area contributed by atoms with Gasteiger partial charge in [0.25, 0.3) is 5.91 Å². The minimum atomic E-state index is -0.341. The smallest absolute Gasteiger partial charge is 0.259 e. The normalized spacial score (nSPS) is 10.6. The first-order valence-corrected chi connectivity index (χ1v) is 7.23. The zero-order valence-corrected chi connectivity index (χ0v) is 12.9. The van der Waals surface area contributed by atoms with Crippen LogP contribution in [0.5, 0.6) is 0 Å². The number of aromatic nitrogens is 2. The summed E-state index contributed by atoms with van der Waals surface area (Å²) >= 11 is 0. The molecular formula is C18H16FN3O. The molecule has 3 aromatic rings. The van der Waals surface area contributed by atoms with Crippen molar-refractivity contribution in [1.29, 1.82) is 0 Å². The van der Waals surface area contributed by atoms with Crippen LogP contribution in [0.25, 0.3) is 5.69 Å². The molecule has 1 N–H and O–H groups in total. The summed E-state index contributed by atoms with van der Waals surface area (Å²) in [7, 11) is 0. The van der Waals surface area contributed by atoms with E-state index in [0.29, 0.717) is 11.3 Å². The number of hydrogen-bond donors (Lipinski definition) is 1. The van der Waals surface area contributed by atoms with E-state index in [4.69, 9.17) is 0 Å². The van der Waals surface area contributed by atoms with Crippen LogP contribution in [-0.4, -0.2) is 15.7 Å². The van der Waals surface area contributed by atoms with Crippen molar-refractivity contribution in [3.8, 4) is 5.69 Å².